The van der Waals surface area contributed by atoms with Gasteiger partial charge in [0.25, 0.3) is 11.4 Å². The lowest BCUT2D eigenvalue weighted by molar-refractivity contribution is -0.393. The third-order valence-corrected chi connectivity index (χ3v) is 4.04. The molecule has 2 aromatic rings. The van der Waals surface area contributed by atoms with E-state index in [0.29, 0.717) is 0 Å². The highest BCUT2D eigenvalue weighted by molar-refractivity contribution is 5.99. The van der Waals surface area contributed by atoms with Crippen LogP contribution in [-0.4, -0.2) is 19.7 Å². The van der Waals surface area contributed by atoms with Crippen LogP contribution in [-0.2, 0) is 0 Å². The summed E-state index contributed by atoms with van der Waals surface area (Å²) in [7, 11) is 0. The van der Waals surface area contributed by atoms with Gasteiger partial charge in [0.2, 0.25) is 0 Å². The standard InChI is InChI=1S/C12H6N8O8/c21-17(22)5-1-7-11(9(3-5)19(25)26)15-14-8-2-6(18(23)24)4-10(20(27)28)12(8)16(15)13-7/h1-4,13-14H. The van der Waals surface area contributed by atoms with Gasteiger partial charge in [-0.2, -0.15) is 10.2 Å². The Balaban J connectivity index is 1.90. The number of hydrogen-bond donors (Lipinski definition) is 2. The minimum absolute atomic E-state index is 0.0494. The van der Waals surface area contributed by atoms with Crippen molar-refractivity contribution in [3.8, 4) is 0 Å². The van der Waals surface area contributed by atoms with Crippen LogP contribution in [0, 0.1) is 40.5 Å². The minimum Gasteiger partial charge on any atom is -0.275 e. The van der Waals surface area contributed by atoms with Crippen LogP contribution in [0.15, 0.2) is 24.3 Å². The van der Waals surface area contributed by atoms with Crippen molar-refractivity contribution in [2.24, 2.45) is 0 Å². The van der Waals surface area contributed by atoms with Crippen molar-refractivity contribution in [1.82, 2.24) is 0 Å². The molecule has 2 N–H and O–H groups in total. The lowest BCUT2D eigenvalue weighted by Crippen LogP contribution is -2.40. The monoisotopic (exact) mass is 390 g/mol. The fourth-order valence-electron chi connectivity index (χ4n) is 2.95. The predicted molar refractivity (Wildman–Crippen MR) is 91.7 cm³/mol. The summed E-state index contributed by atoms with van der Waals surface area (Å²) in [6.07, 6.45) is 0. The van der Waals surface area contributed by atoms with E-state index in [9.17, 15) is 40.5 Å². The highest BCUT2D eigenvalue weighted by Crippen LogP contribution is 2.52. The van der Waals surface area contributed by atoms with Crippen molar-refractivity contribution in [3.05, 3.63) is 64.7 Å². The third kappa shape index (κ3) is 2.18. The zero-order valence-electron chi connectivity index (χ0n) is 13.3. The Labute approximate surface area is 152 Å². The van der Waals surface area contributed by atoms with Crippen molar-refractivity contribution in [2.45, 2.75) is 0 Å². The average molecular weight is 390 g/mol. The van der Waals surface area contributed by atoms with Crippen LogP contribution in [0.2, 0.25) is 0 Å². The largest absolute Gasteiger partial charge is 0.305 e. The quantitative estimate of drug-likeness (QED) is 0.569. The molecule has 16 nitrogen and oxygen atoms in total. The third-order valence-electron chi connectivity index (χ3n) is 4.04. The Morgan fingerprint density at radius 1 is 0.607 bits per heavy atom. The maximum Gasteiger partial charge on any atom is 0.305 e. The van der Waals surface area contributed by atoms with Crippen molar-refractivity contribution < 1.29 is 19.7 Å². The second kappa shape index (κ2) is 5.37. The van der Waals surface area contributed by atoms with Gasteiger partial charge in [-0.25, -0.2) is 0 Å². The molecule has 0 bridgehead atoms. The highest BCUT2D eigenvalue weighted by Gasteiger charge is 2.45. The number of rotatable bonds is 4. The second-order valence-electron chi connectivity index (χ2n) is 5.60. The molecule has 0 saturated carbocycles. The summed E-state index contributed by atoms with van der Waals surface area (Å²) < 4.78 is 0. The summed E-state index contributed by atoms with van der Waals surface area (Å²) in [5, 5.41) is 46.9. The van der Waals surface area contributed by atoms with Gasteiger partial charge in [-0.3, -0.25) is 51.3 Å². The number of nitro groups is 4. The Morgan fingerprint density at radius 2 is 0.964 bits per heavy atom. The average Bonchev–Trinajstić information content (AvgIpc) is 3.14. The van der Waals surface area contributed by atoms with Gasteiger partial charge >= 0.3 is 11.4 Å². The van der Waals surface area contributed by atoms with Gasteiger partial charge in [0, 0.05) is 12.1 Å². The van der Waals surface area contributed by atoms with Crippen LogP contribution in [0.25, 0.3) is 0 Å². The van der Waals surface area contributed by atoms with E-state index in [-0.39, 0.29) is 22.7 Å². The number of hydrazine groups is 3. The summed E-state index contributed by atoms with van der Waals surface area (Å²) in [4.78, 5) is 41.5. The van der Waals surface area contributed by atoms with Gasteiger partial charge in [-0.05, 0) is 0 Å². The maximum atomic E-state index is 11.4. The molecule has 0 atom stereocenters. The first-order valence-electron chi connectivity index (χ1n) is 7.26. The first-order chi connectivity index (χ1) is 13.2. The van der Waals surface area contributed by atoms with Gasteiger partial charge in [-0.1, -0.05) is 0 Å². The molecule has 0 radical (unpaired) electrons. The number of anilines is 4. The minimum atomic E-state index is -0.849. The van der Waals surface area contributed by atoms with E-state index in [1.807, 2.05) is 0 Å². The molecule has 2 aliphatic heterocycles. The molecule has 28 heavy (non-hydrogen) atoms. The normalized spacial score (nSPS) is 13.1. The fraction of sp³-hybridized carbons (Fsp3) is 0. The smallest absolute Gasteiger partial charge is 0.275 e. The number of nitro benzene ring substituents is 4. The van der Waals surface area contributed by atoms with Crippen LogP contribution in [0.1, 0.15) is 0 Å². The molecule has 16 heteroatoms. The Morgan fingerprint density at radius 3 is 1.25 bits per heavy atom. The summed E-state index contributed by atoms with van der Waals surface area (Å²) in [5.41, 5.74) is 2.41. The number of benzene rings is 2. The number of nitrogens with zero attached hydrogens (tertiary/aromatic N) is 6. The highest BCUT2D eigenvalue weighted by atomic mass is 16.6. The molecule has 0 aromatic heterocycles. The van der Waals surface area contributed by atoms with E-state index in [0.717, 1.165) is 34.5 Å². The van der Waals surface area contributed by atoms with Crippen LogP contribution in [0.4, 0.5) is 45.5 Å². The molecule has 2 aromatic carbocycles. The predicted octanol–water partition coefficient (Wildman–Crippen LogP) is 2.23. The molecule has 0 amide bonds. The van der Waals surface area contributed by atoms with Crippen LogP contribution in [0.5, 0.6) is 0 Å². The Kier molecular flexibility index (Phi) is 3.20. The maximum absolute atomic E-state index is 11.4. The van der Waals surface area contributed by atoms with Gasteiger partial charge in [0.05, 0.1) is 43.2 Å². The van der Waals surface area contributed by atoms with Gasteiger partial charge in [0.15, 0.2) is 11.4 Å². The second-order valence-corrected chi connectivity index (χ2v) is 5.60. The molecular formula is C12H6N8O8. The molecule has 0 saturated heterocycles. The number of non-ortho nitro benzene ring substituents is 2. The molecule has 0 unspecified atom stereocenters. The van der Waals surface area contributed by atoms with E-state index in [2.05, 4.69) is 10.9 Å². The molecule has 2 heterocycles. The fourth-order valence-corrected chi connectivity index (χ4v) is 2.95. The number of fused-ring (bicyclic) bond motifs is 5. The van der Waals surface area contributed by atoms with Crippen molar-refractivity contribution >= 4 is 45.5 Å². The number of hydrogen-bond acceptors (Lipinski definition) is 12. The van der Waals surface area contributed by atoms with E-state index in [1.165, 1.54) is 0 Å². The lowest BCUT2D eigenvalue weighted by Gasteiger charge is -2.20. The zero-order chi connectivity index (χ0) is 20.3. The summed E-state index contributed by atoms with van der Waals surface area (Å²) >= 11 is 0. The zero-order valence-corrected chi connectivity index (χ0v) is 13.3. The SMILES string of the molecule is O=[N+]([O-])c1cc2c(c([N+](=O)[O-])c1)N1Nc3cc([N+](=O)[O-])cc([N+](=O)[O-])c3N1N2. The van der Waals surface area contributed by atoms with Gasteiger partial charge in [0.1, 0.15) is 0 Å². The van der Waals surface area contributed by atoms with Gasteiger partial charge < -0.3 is 0 Å². The van der Waals surface area contributed by atoms with E-state index in [4.69, 9.17) is 0 Å². The van der Waals surface area contributed by atoms with Crippen LogP contribution >= 0.6 is 0 Å². The molecule has 142 valence electrons. The van der Waals surface area contributed by atoms with E-state index >= 15 is 0 Å². The van der Waals surface area contributed by atoms with Gasteiger partial charge in [-0.15, -0.1) is 0 Å². The van der Waals surface area contributed by atoms with E-state index < -0.39 is 42.4 Å². The Bertz CT molecular complexity index is 1030. The molecule has 0 aliphatic carbocycles. The molecule has 4 rings (SSSR count). The van der Waals surface area contributed by atoms with Crippen molar-refractivity contribution in [2.75, 3.05) is 21.1 Å². The topological polar surface area (TPSA) is 203 Å². The molecule has 2 aliphatic rings. The summed E-state index contributed by atoms with van der Waals surface area (Å²) in [6.45, 7) is 0. The summed E-state index contributed by atoms with van der Waals surface area (Å²) in [5.74, 6) is 0. The molecular weight excluding hydrogens is 384 g/mol. The lowest BCUT2D eigenvalue weighted by atomic mass is 10.2. The number of nitrogens with one attached hydrogen (secondary N) is 2. The first kappa shape index (κ1) is 16.7. The Hall–Kier alpha value is -4.76. The van der Waals surface area contributed by atoms with E-state index in [1.54, 1.807) is 0 Å². The first-order valence-corrected chi connectivity index (χ1v) is 7.26. The van der Waals surface area contributed by atoms with Crippen LogP contribution < -0.4 is 21.1 Å². The van der Waals surface area contributed by atoms with Crippen molar-refractivity contribution in [3.63, 3.8) is 0 Å². The molecule has 0 spiro atoms. The summed E-state index contributed by atoms with van der Waals surface area (Å²) in [6, 6.07) is 3.54. The van der Waals surface area contributed by atoms with Crippen LogP contribution in [0.3, 0.4) is 0 Å². The van der Waals surface area contributed by atoms with Crippen molar-refractivity contribution in [1.29, 1.82) is 0 Å². The molecule has 0 fully saturated rings.